The van der Waals surface area contributed by atoms with Gasteiger partial charge < -0.3 is 170 Å². The number of fused-ring (bicyclic) bond motifs is 4. The van der Waals surface area contributed by atoms with Gasteiger partial charge in [0.1, 0.15) is 138 Å². The number of carbonyl (C=O) groups excluding carboxylic acids is 2. The monoisotopic (exact) mass is 1620 g/mol. The molecule has 1 unspecified atom stereocenters. The van der Waals surface area contributed by atoms with Gasteiger partial charge in [-0.25, -0.2) is 20.0 Å². The zero-order chi connectivity index (χ0) is 79.4. The second-order valence-corrected chi connectivity index (χ2v) is 30.5. The molecule has 11 aliphatic heterocycles. The molecule has 2 aromatic carbocycles. The number of nitrogens with one attached hydrogen (secondary N) is 1. The molecule has 0 bridgehead atoms. The Hall–Kier alpha value is -4.08. The number of aryl methyl sites for hydroxylation is 1. The van der Waals surface area contributed by atoms with E-state index in [0.717, 1.165) is 6.07 Å². The molecular formula is C69H97Cl2NO38. The Balaban J connectivity index is 0.643. The van der Waals surface area contributed by atoms with Gasteiger partial charge in [-0.1, -0.05) is 23.2 Å². The van der Waals surface area contributed by atoms with Crippen molar-refractivity contribution in [2.45, 2.75) is 295 Å². The highest BCUT2D eigenvalue weighted by atomic mass is 35.5. The fourth-order valence-corrected chi connectivity index (χ4v) is 17.1. The molecule has 110 heavy (non-hydrogen) atoms. The minimum atomic E-state index is -2.07. The number of phenolic OH excluding ortho intramolecular Hbond substituents is 3. The van der Waals surface area contributed by atoms with Crippen LogP contribution in [0.4, 0.5) is 0 Å². The Morgan fingerprint density at radius 3 is 1.98 bits per heavy atom. The number of quaternary nitrogens is 1. The summed E-state index contributed by atoms with van der Waals surface area (Å²) in [5, 5.41) is 124. The molecule has 2 aromatic rings. The first-order chi connectivity index (χ1) is 52.0. The van der Waals surface area contributed by atoms with E-state index in [-0.39, 0.29) is 83.3 Å². The maximum atomic E-state index is 14.2. The summed E-state index contributed by atoms with van der Waals surface area (Å²) < 4.78 is 154. The first kappa shape index (κ1) is 83.9. The number of aromatic hydroxyl groups is 3. The highest BCUT2D eigenvalue weighted by Crippen LogP contribution is 2.53. The lowest BCUT2D eigenvalue weighted by Gasteiger charge is -2.50. The number of phenols is 3. The summed E-state index contributed by atoms with van der Waals surface area (Å²) in [4.78, 5) is 27.6. The van der Waals surface area contributed by atoms with Crippen molar-refractivity contribution in [2.24, 2.45) is 0 Å². The Kier molecular flexibility index (Phi) is 25.0. The molecule has 0 saturated carbocycles. The molecule has 0 aromatic heterocycles. The van der Waals surface area contributed by atoms with Gasteiger partial charge in [-0.3, -0.25) is 0 Å². The first-order valence-electron chi connectivity index (χ1n) is 36.0. The topological polar surface area (TPSA) is 495 Å². The van der Waals surface area contributed by atoms with Gasteiger partial charge in [0.15, 0.2) is 73.1 Å². The first-order valence-corrected chi connectivity index (χ1v) is 36.8. The highest BCUT2D eigenvalue weighted by Gasteiger charge is 2.70. The van der Waals surface area contributed by atoms with Crippen molar-refractivity contribution in [3.63, 3.8) is 0 Å². The van der Waals surface area contributed by atoms with Gasteiger partial charge in [-0.2, -0.15) is 0 Å². The zero-order valence-corrected chi connectivity index (χ0v) is 63.7. The lowest BCUT2D eigenvalue weighted by Crippen LogP contribution is -3.16. The van der Waals surface area contributed by atoms with Gasteiger partial charge in [0, 0.05) is 33.8 Å². The average Bonchev–Trinajstić information content (AvgIpc) is 1.56. The third-order valence-electron chi connectivity index (χ3n) is 22.4. The van der Waals surface area contributed by atoms with Crippen molar-refractivity contribution < 1.29 is 184 Å². The number of aliphatic hydroxyl groups excluding tert-OH is 6. The molecule has 11 aliphatic rings. The lowest BCUT2D eigenvalue weighted by molar-refractivity contribution is -1.09. The van der Waals surface area contributed by atoms with Crippen LogP contribution in [0.5, 0.6) is 23.0 Å². The largest absolute Gasteiger partial charge is 0.600 e. The number of benzene rings is 2. The summed E-state index contributed by atoms with van der Waals surface area (Å²) in [5.41, 5.74) is -3.59. The predicted octanol–water partition coefficient (Wildman–Crippen LogP) is -0.897. The van der Waals surface area contributed by atoms with Crippen molar-refractivity contribution in [3.8, 4) is 23.0 Å². The summed E-state index contributed by atoms with van der Waals surface area (Å²) in [6, 6.07) is 2.28. The summed E-state index contributed by atoms with van der Waals surface area (Å²) in [6.07, 6.45) is -41.6. The van der Waals surface area contributed by atoms with Gasteiger partial charge in [0.2, 0.25) is 0 Å². The van der Waals surface area contributed by atoms with Crippen molar-refractivity contribution in [2.75, 3.05) is 55.1 Å². The van der Waals surface area contributed by atoms with Crippen LogP contribution in [-0.2, 0) is 114 Å². The van der Waals surface area contributed by atoms with E-state index in [1.807, 2.05) is 0 Å². The van der Waals surface area contributed by atoms with Crippen LogP contribution < -0.4 is 9.96 Å². The molecule has 11 fully saturated rings. The Morgan fingerprint density at radius 1 is 0.609 bits per heavy atom. The van der Waals surface area contributed by atoms with E-state index in [1.165, 1.54) is 69.1 Å². The number of hydroxylamine groups is 2. The summed E-state index contributed by atoms with van der Waals surface area (Å²) in [5.74, 6) is -7.56. The molecule has 13 rings (SSSR count). The number of carbonyl (C=O) groups is 2. The molecule has 2 spiro atoms. The molecular weight excluding hydrogens is 1520 g/mol. The number of rotatable bonds is 20. The smallest absolute Gasteiger partial charge is 0.342 e. The van der Waals surface area contributed by atoms with Gasteiger partial charge in [-0.05, 0) is 79.5 Å². The number of methoxy groups -OCH3 is 4. The number of hydrogen-bond acceptors (Lipinski definition) is 38. The molecule has 0 amide bonds. The molecule has 41 heteroatoms. The van der Waals surface area contributed by atoms with Gasteiger partial charge in [0.25, 0.3) is 5.97 Å². The third-order valence-corrected chi connectivity index (χ3v) is 23.2. The molecule has 0 radical (unpaired) electrons. The Morgan fingerprint density at radius 2 is 1.30 bits per heavy atom. The van der Waals surface area contributed by atoms with Crippen molar-refractivity contribution in [1.82, 2.24) is 0 Å². The van der Waals surface area contributed by atoms with Crippen LogP contribution in [-0.4, -0.2) is 332 Å². The van der Waals surface area contributed by atoms with E-state index in [1.54, 1.807) is 27.7 Å². The van der Waals surface area contributed by atoms with Crippen LogP contribution in [0, 0.1) is 19.1 Å². The average molecular weight is 1620 g/mol. The molecule has 39 nitrogen and oxygen atoms in total. The standard InChI is InChI=1S/C69H97Cl2NO38/c1-23-14-30(73)15-31(74)39(23)60(82)99-35-21-93-69(59-52(35)91-22-92-59)107-36-20-90-62(45(78)51(36)108-69)105-64-55(89-13)44(77)50(34(100-64)19-86-10)103-63-46(79)54(49(87-11)26(4)96-63)104-65-57(81)67(9)58(29(7)97-65)109-68(110-67)17-32(75)47(27(5)106-68)101-37-16-33(98-38-18-66(8,72(84)85)56(80)28(6)95-38)48(25(3)94-37)102-61(83)40-24(2)41(70)43(76)42(71)53(40)88-12/h14-15,25-29,32-38,44-52,54-59,62-65,72-81,84H,16-22H2,1-13H3/t25-,26-,27-,28+,29-,32-,33-,34-,35-,36+,37+,38+,44+,45-,46-,47-,48-,49+,50-,51-,52+,54-,55+,56+,57-,58-,59-,62+,63+,64+,65+,66+,67-,68-,69-/m1/s1. The zero-order valence-electron chi connectivity index (χ0n) is 62.2. The maximum absolute atomic E-state index is 14.2. The molecule has 620 valence electrons. The number of ether oxygens (including phenoxy) is 25. The summed E-state index contributed by atoms with van der Waals surface area (Å²) >= 11 is 12.8. The van der Waals surface area contributed by atoms with Crippen LogP contribution >= 0.6 is 23.2 Å². The fraction of sp³-hybridized carbons (Fsp3) is 0.797. The van der Waals surface area contributed by atoms with Crippen LogP contribution in [0.15, 0.2) is 12.1 Å². The van der Waals surface area contributed by atoms with E-state index in [0.29, 0.717) is 0 Å². The summed E-state index contributed by atoms with van der Waals surface area (Å²) in [6.45, 7) is 12.5. The molecule has 0 aliphatic carbocycles. The fourth-order valence-electron chi connectivity index (χ4n) is 16.6. The molecule has 11 heterocycles. The number of esters is 2. The van der Waals surface area contributed by atoms with Crippen LogP contribution in [0.25, 0.3) is 0 Å². The number of hydrogen-bond donors (Lipinski definition) is 11. The van der Waals surface area contributed by atoms with Gasteiger partial charge in [0.05, 0.1) is 81.4 Å². The van der Waals surface area contributed by atoms with Crippen molar-refractivity contribution in [3.05, 3.63) is 49.6 Å². The van der Waals surface area contributed by atoms with Gasteiger partial charge >= 0.3 is 17.9 Å². The minimum absolute atomic E-state index is 0.0643. The quantitative estimate of drug-likeness (QED) is 0.0565. The minimum Gasteiger partial charge on any atom is -0.600 e. The van der Waals surface area contributed by atoms with E-state index < -0.39 is 249 Å². The van der Waals surface area contributed by atoms with Crippen LogP contribution in [0.3, 0.4) is 0 Å². The van der Waals surface area contributed by atoms with Crippen molar-refractivity contribution in [1.29, 1.82) is 0 Å². The number of halogens is 2. The van der Waals surface area contributed by atoms with Gasteiger partial charge in [-0.15, -0.1) is 0 Å². The second kappa shape index (κ2) is 32.8. The highest BCUT2D eigenvalue weighted by molar-refractivity contribution is 6.39. The predicted molar refractivity (Wildman–Crippen MR) is 357 cm³/mol. The van der Waals surface area contributed by atoms with Crippen LogP contribution in [0.2, 0.25) is 10.0 Å². The van der Waals surface area contributed by atoms with Crippen molar-refractivity contribution >= 4 is 35.1 Å². The third kappa shape index (κ3) is 15.3. The maximum Gasteiger partial charge on any atom is 0.342 e. The second-order valence-electron chi connectivity index (χ2n) is 29.8. The number of aliphatic hydroxyl groups is 6. The SMILES string of the molecule is COC[C@H]1O[C@@H](O[C@@H]2OC[C@@H]3O[C@@]4(OC[C@@H](OC(=O)c5c(C)cc(O)cc5O)[C@@H]5OCO[C@H]54)O[C@H]3[C@H]2O)[C@@H](OC)[C@@H](O)[C@@H]1O[C@@H]1O[C@H](C)[C@H](OC)[C@H](O[C@@H]2O[C@H](C)[C@H]3O[C@]4(C[C@@H](O)[C@H](O[C@H]5C[C@@H](O[C@H]6C[C@](C)([NH+]([O-])O)[C@@H](O)[C@H](C)O6)[C@H](OC(=O)c6c(C)c(Cl)c(O)c(Cl)c6OC)[C@@H](C)O5)[C@@H](C)O4)O[C@]3(C)[C@@H]2O)[C@H]1O. The molecule has 11 N–H and O–H groups in total. The molecule has 36 atom stereocenters. The normalized spacial score (nSPS) is 46.3. The van der Waals surface area contributed by atoms with E-state index in [4.69, 9.17) is 142 Å². The van der Waals surface area contributed by atoms with E-state index >= 15 is 0 Å². The van der Waals surface area contributed by atoms with E-state index in [2.05, 4.69) is 0 Å². The lowest BCUT2D eigenvalue weighted by atomic mass is 9.85. The Labute approximate surface area is 639 Å². The van der Waals surface area contributed by atoms with E-state index in [9.17, 15) is 66.0 Å². The summed E-state index contributed by atoms with van der Waals surface area (Å²) in [7, 11) is 5.18. The Bertz CT molecular complexity index is 3560. The van der Waals surface area contributed by atoms with Crippen LogP contribution in [0.1, 0.15) is 99.6 Å². The molecule has 11 saturated heterocycles.